The predicted molar refractivity (Wildman–Crippen MR) is 52.7 cm³/mol. The molecular weight excluding hydrogens is 243 g/mol. The summed E-state index contributed by atoms with van der Waals surface area (Å²) in [6.07, 6.45) is -5.56. The number of carbonyl (C=O) groups is 1. The molecule has 1 amide bonds. The first kappa shape index (κ1) is 16.0. The Morgan fingerprint density at radius 3 is 1.94 bits per heavy atom. The van der Waals surface area contributed by atoms with Crippen LogP contribution in [0.25, 0.3) is 0 Å². The fourth-order valence-electron chi connectivity index (χ4n) is 0.932. The van der Waals surface area contributed by atoms with Crippen molar-refractivity contribution in [3.05, 3.63) is 0 Å². The van der Waals surface area contributed by atoms with Crippen molar-refractivity contribution < 1.29 is 32.2 Å². The predicted octanol–water partition coefficient (Wildman–Crippen LogP) is 1.28. The summed E-state index contributed by atoms with van der Waals surface area (Å²) in [6, 6.07) is 0. The van der Waals surface area contributed by atoms with Crippen LogP contribution in [0.5, 0.6) is 0 Å². The summed E-state index contributed by atoms with van der Waals surface area (Å²) in [7, 11) is 2.85. The van der Waals surface area contributed by atoms with Gasteiger partial charge >= 0.3 is 12.3 Å². The molecule has 0 saturated heterocycles. The van der Waals surface area contributed by atoms with Crippen LogP contribution in [0.3, 0.4) is 0 Å². The van der Waals surface area contributed by atoms with Gasteiger partial charge in [-0.15, -0.1) is 0 Å². The lowest BCUT2D eigenvalue weighted by Gasteiger charge is -2.21. The Morgan fingerprint density at radius 1 is 1.12 bits per heavy atom. The summed E-state index contributed by atoms with van der Waals surface area (Å²) in [5.74, 6) is 0. The Morgan fingerprint density at radius 2 is 1.59 bits per heavy atom. The van der Waals surface area contributed by atoms with E-state index in [4.69, 9.17) is 9.47 Å². The number of ether oxygens (including phenoxy) is 3. The smallest absolute Gasteiger partial charge is 0.422 e. The monoisotopic (exact) mass is 259 g/mol. The fourth-order valence-corrected chi connectivity index (χ4v) is 0.932. The second kappa shape index (κ2) is 8.13. The number of alkyl halides is 3. The first-order valence-electron chi connectivity index (χ1n) is 4.87. The second-order valence-electron chi connectivity index (χ2n) is 3.14. The number of hydrogen-bond acceptors (Lipinski definition) is 4. The molecule has 0 heterocycles. The number of halogens is 3. The lowest BCUT2D eigenvalue weighted by atomic mass is 10.5. The molecule has 0 saturated carbocycles. The maximum absolute atomic E-state index is 11.8. The molecule has 8 heteroatoms. The summed E-state index contributed by atoms with van der Waals surface area (Å²) in [4.78, 5) is 12.4. The fraction of sp³-hybridized carbons (Fsp3) is 0.889. The number of carbonyl (C=O) groups excluding carboxylic acids is 1. The van der Waals surface area contributed by atoms with Crippen molar-refractivity contribution in [1.82, 2.24) is 4.90 Å². The minimum absolute atomic E-state index is 0.149. The molecule has 0 aromatic rings. The van der Waals surface area contributed by atoms with Crippen molar-refractivity contribution in [3.8, 4) is 0 Å². The van der Waals surface area contributed by atoms with Gasteiger partial charge < -0.3 is 19.1 Å². The average molecular weight is 259 g/mol. The maximum Gasteiger partial charge on any atom is 0.422 e. The zero-order valence-electron chi connectivity index (χ0n) is 9.75. The van der Waals surface area contributed by atoms with Crippen LogP contribution in [0.4, 0.5) is 18.0 Å². The lowest BCUT2D eigenvalue weighted by Crippen LogP contribution is -2.38. The number of amides is 1. The van der Waals surface area contributed by atoms with Gasteiger partial charge in [0.05, 0.1) is 13.2 Å². The summed E-state index contributed by atoms with van der Waals surface area (Å²) in [5, 5.41) is 0. The van der Waals surface area contributed by atoms with Crippen LogP contribution in [-0.4, -0.2) is 64.3 Å². The van der Waals surface area contributed by atoms with Gasteiger partial charge in [-0.25, -0.2) is 4.79 Å². The third-order valence-corrected chi connectivity index (χ3v) is 1.75. The molecule has 0 rings (SSSR count). The molecular formula is C9H16F3NO4. The van der Waals surface area contributed by atoms with E-state index in [0.29, 0.717) is 0 Å². The van der Waals surface area contributed by atoms with E-state index in [1.807, 2.05) is 0 Å². The van der Waals surface area contributed by atoms with Gasteiger partial charge in [-0.05, 0) is 0 Å². The molecule has 5 nitrogen and oxygen atoms in total. The minimum atomic E-state index is -4.52. The maximum atomic E-state index is 11.8. The average Bonchev–Trinajstić information content (AvgIpc) is 2.25. The highest BCUT2D eigenvalue weighted by atomic mass is 19.4. The van der Waals surface area contributed by atoms with Gasteiger partial charge in [0.15, 0.2) is 6.61 Å². The summed E-state index contributed by atoms with van der Waals surface area (Å²) < 4.78 is 49.1. The molecule has 17 heavy (non-hydrogen) atoms. The minimum Gasteiger partial charge on any atom is -0.440 e. The van der Waals surface area contributed by atoms with E-state index < -0.39 is 18.9 Å². The summed E-state index contributed by atoms with van der Waals surface area (Å²) in [5.41, 5.74) is 0. The van der Waals surface area contributed by atoms with E-state index in [-0.39, 0.29) is 26.3 Å². The summed E-state index contributed by atoms with van der Waals surface area (Å²) in [6.45, 7) is -0.870. The van der Waals surface area contributed by atoms with Crippen molar-refractivity contribution in [2.45, 2.75) is 6.18 Å². The van der Waals surface area contributed by atoms with Gasteiger partial charge in [-0.1, -0.05) is 0 Å². The zero-order chi connectivity index (χ0) is 13.3. The molecule has 0 aromatic carbocycles. The molecule has 0 radical (unpaired) electrons. The van der Waals surface area contributed by atoms with Crippen LogP contribution in [-0.2, 0) is 14.2 Å². The third-order valence-electron chi connectivity index (χ3n) is 1.75. The van der Waals surface area contributed by atoms with Gasteiger partial charge in [0.2, 0.25) is 0 Å². The van der Waals surface area contributed by atoms with Gasteiger partial charge in [0.1, 0.15) is 0 Å². The number of rotatable bonds is 7. The topological polar surface area (TPSA) is 48.0 Å². The Hall–Kier alpha value is -1.02. The van der Waals surface area contributed by atoms with Crippen LogP contribution < -0.4 is 0 Å². The largest absolute Gasteiger partial charge is 0.440 e. The molecule has 0 spiro atoms. The lowest BCUT2D eigenvalue weighted by molar-refractivity contribution is -0.162. The second-order valence-corrected chi connectivity index (χ2v) is 3.14. The van der Waals surface area contributed by atoms with Crippen LogP contribution in [0, 0.1) is 0 Å². The summed E-state index contributed by atoms with van der Waals surface area (Å²) >= 11 is 0. The van der Waals surface area contributed by atoms with Crippen molar-refractivity contribution in [1.29, 1.82) is 0 Å². The normalized spacial score (nSPS) is 11.4. The molecule has 0 bridgehead atoms. The number of nitrogens with zero attached hydrogens (tertiary/aromatic N) is 1. The van der Waals surface area contributed by atoms with Crippen molar-refractivity contribution in [2.75, 3.05) is 47.1 Å². The van der Waals surface area contributed by atoms with E-state index in [0.717, 1.165) is 4.90 Å². The highest BCUT2D eigenvalue weighted by Crippen LogP contribution is 2.15. The Kier molecular flexibility index (Phi) is 7.64. The number of methoxy groups -OCH3 is 2. The van der Waals surface area contributed by atoms with Gasteiger partial charge in [0.25, 0.3) is 0 Å². The van der Waals surface area contributed by atoms with Crippen molar-refractivity contribution >= 4 is 6.09 Å². The Labute approximate surface area is 97.4 Å². The molecule has 0 aromatic heterocycles. The van der Waals surface area contributed by atoms with E-state index in [2.05, 4.69) is 4.74 Å². The van der Waals surface area contributed by atoms with Crippen molar-refractivity contribution in [3.63, 3.8) is 0 Å². The van der Waals surface area contributed by atoms with E-state index >= 15 is 0 Å². The Balaban J connectivity index is 4.11. The standard InChI is InChI=1S/C9H16F3NO4/c1-15-5-3-13(4-6-16-2)8(14)17-7-9(10,11)12/h3-7H2,1-2H3. The van der Waals surface area contributed by atoms with Gasteiger partial charge in [-0.3, -0.25) is 0 Å². The van der Waals surface area contributed by atoms with Crippen molar-refractivity contribution in [2.24, 2.45) is 0 Å². The first-order chi connectivity index (χ1) is 7.90. The quantitative estimate of drug-likeness (QED) is 0.691. The molecule has 102 valence electrons. The SMILES string of the molecule is COCCN(CCOC)C(=O)OCC(F)(F)F. The molecule has 0 aliphatic heterocycles. The molecule has 0 N–H and O–H groups in total. The first-order valence-corrected chi connectivity index (χ1v) is 4.87. The van der Waals surface area contributed by atoms with E-state index in [1.165, 1.54) is 14.2 Å². The molecule has 0 aliphatic carbocycles. The number of hydrogen-bond donors (Lipinski definition) is 0. The molecule has 0 unspecified atom stereocenters. The zero-order valence-corrected chi connectivity index (χ0v) is 9.75. The highest BCUT2D eigenvalue weighted by Gasteiger charge is 2.30. The van der Waals surface area contributed by atoms with Crippen LogP contribution >= 0.6 is 0 Å². The third kappa shape index (κ3) is 8.75. The van der Waals surface area contributed by atoms with E-state index in [1.54, 1.807) is 0 Å². The van der Waals surface area contributed by atoms with E-state index in [9.17, 15) is 18.0 Å². The van der Waals surface area contributed by atoms with Crippen LogP contribution in [0.15, 0.2) is 0 Å². The van der Waals surface area contributed by atoms with Crippen LogP contribution in [0.1, 0.15) is 0 Å². The Bertz CT molecular complexity index is 215. The molecule has 0 fully saturated rings. The molecule has 0 aliphatic rings. The van der Waals surface area contributed by atoms with Crippen LogP contribution in [0.2, 0.25) is 0 Å². The van der Waals surface area contributed by atoms with Gasteiger partial charge in [0, 0.05) is 27.3 Å². The highest BCUT2D eigenvalue weighted by molar-refractivity contribution is 5.67. The van der Waals surface area contributed by atoms with Gasteiger partial charge in [-0.2, -0.15) is 13.2 Å². The molecule has 0 atom stereocenters.